The van der Waals surface area contributed by atoms with Crippen LogP contribution in [0.15, 0.2) is 45.7 Å². The van der Waals surface area contributed by atoms with E-state index in [0.29, 0.717) is 10.2 Å². The van der Waals surface area contributed by atoms with Crippen LogP contribution >= 0.6 is 15.9 Å². The maximum Gasteiger partial charge on any atom is 0.260 e. The molecule has 0 atom stereocenters. The van der Waals surface area contributed by atoms with Crippen LogP contribution in [0, 0.1) is 6.92 Å². The Balaban J connectivity index is 2.17. The molecule has 1 amide bonds. The highest BCUT2D eigenvalue weighted by Gasteiger charge is 2.12. The van der Waals surface area contributed by atoms with E-state index in [4.69, 9.17) is 4.42 Å². The average Bonchev–Trinajstić information content (AvgIpc) is 2.64. The lowest BCUT2D eigenvalue weighted by atomic mass is 10.2. The summed E-state index contributed by atoms with van der Waals surface area (Å²) in [7, 11) is 0. The van der Waals surface area contributed by atoms with E-state index < -0.39 is 0 Å². The maximum absolute atomic E-state index is 11.8. The van der Waals surface area contributed by atoms with Gasteiger partial charge in [-0.3, -0.25) is 4.79 Å². The number of carbonyl (C=O) groups excluding carboxylic acids is 1. The molecule has 0 saturated carbocycles. The van der Waals surface area contributed by atoms with Crippen molar-refractivity contribution >= 4 is 27.5 Å². The number of furan rings is 1. The highest BCUT2D eigenvalue weighted by atomic mass is 79.9. The van der Waals surface area contributed by atoms with E-state index >= 15 is 0 Å². The van der Waals surface area contributed by atoms with Crippen molar-refractivity contribution in [2.45, 2.75) is 6.92 Å². The van der Waals surface area contributed by atoms with Crippen LogP contribution in [0.5, 0.6) is 0 Å². The zero-order valence-electron chi connectivity index (χ0n) is 8.66. The number of benzene rings is 1. The molecule has 82 valence electrons. The van der Waals surface area contributed by atoms with Crippen molar-refractivity contribution in [3.63, 3.8) is 0 Å². The highest BCUT2D eigenvalue weighted by Crippen LogP contribution is 2.19. The summed E-state index contributed by atoms with van der Waals surface area (Å²) in [5, 5.41) is 2.80. The van der Waals surface area contributed by atoms with Crippen LogP contribution in [-0.2, 0) is 0 Å². The summed E-state index contributed by atoms with van der Waals surface area (Å²) in [6.45, 7) is 1.98. The third-order valence-electron chi connectivity index (χ3n) is 2.14. The van der Waals surface area contributed by atoms with Crippen molar-refractivity contribution in [1.82, 2.24) is 0 Å². The van der Waals surface area contributed by atoms with Crippen LogP contribution in [0.3, 0.4) is 0 Å². The van der Waals surface area contributed by atoms with Gasteiger partial charge < -0.3 is 9.73 Å². The minimum atomic E-state index is -0.189. The molecule has 0 fully saturated rings. The van der Waals surface area contributed by atoms with E-state index in [1.54, 1.807) is 6.07 Å². The number of hydrogen-bond acceptors (Lipinski definition) is 2. The van der Waals surface area contributed by atoms with Crippen molar-refractivity contribution in [2.24, 2.45) is 0 Å². The monoisotopic (exact) mass is 279 g/mol. The fraction of sp³-hybridized carbons (Fsp3) is 0.0833. The topological polar surface area (TPSA) is 42.2 Å². The molecule has 2 rings (SSSR count). The maximum atomic E-state index is 11.8. The molecular weight excluding hydrogens is 270 g/mol. The van der Waals surface area contributed by atoms with Crippen LogP contribution in [0.1, 0.15) is 15.9 Å². The van der Waals surface area contributed by atoms with E-state index in [9.17, 15) is 4.79 Å². The first-order valence-electron chi connectivity index (χ1n) is 4.78. The molecule has 16 heavy (non-hydrogen) atoms. The first-order valence-corrected chi connectivity index (χ1v) is 5.57. The molecule has 0 unspecified atom stereocenters. The number of halogens is 1. The zero-order chi connectivity index (χ0) is 11.5. The summed E-state index contributed by atoms with van der Waals surface area (Å²) in [5.41, 5.74) is 2.36. The number of aryl methyl sites for hydroxylation is 1. The first-order chi connectivity index (χ1) is 7.66. The summed E-state index contributed by atoms with van der Waals surface area (Å²) in [5.74, 6) is -0.189. The van der Waals surface area contributed by atoms with Crippen LogP contribution in [-0.4, -0.2) is 5.91 Å². The number of rotatable bonds is 2. The molecule has 0 saturated heterocycles. The number of amides is 1. The summed E-state index contributed by atoms with van der Waals surface area (Å²) < 4.78 is 5.45. The van der Waals surface area contributed by atoms with Crippen molar-refractivity contribution in [3.05, 3.63) is 52.4 Å². The molecular formula is C12H10BrNO2. The molecule has 1 heterocycles. The van der Waals surface area contributed by atoms with Gasteiger partial charge in [-0.2, -0.15) is 0 Å². The Labute approximate surface area is 102 Å². The van der Waals surface area contributed by atoms with Gasteiger partial charge in [0.1, 0.15) is 0 Å². The predicted molar refractivity (Wildman–Crippen MR) is 65.5 cm³/mol. The Morgan fingerprint density at radius 3 is 2.81 bits per heavy atom. The Morgan fingerprint density at radius 1 is 1.38 bits per heavy atom. The van der Waals surface area contributed by atoms with Gasteiger partial charge in [0.25, 0.3) is 5.91 Å². The highest BCUT2D eigenvalue weighted by molar-refractivity contribution is 9.10. The van der Waals surface area contributed by atoms with Crippen molar-refractivity contribution in [3.8, 4) is 0 Å². The molecule has 0 radical (unpaired) electrons. The van der Waals surface area contributed by atoms with Crippen molar-refractivity contribution in [1.29, 1.82) is 0 Å². The molecule has 4 heteroatoms. The third kappa shape index (κ3) is 2.33. The normalized spacial score (nSPS) is 10.1. The van der Waals surface area contributed by atoms with Crippen molar-refractivity contribution < 1.29 is 9.21 Å². The first kappa shape index (κ1) is 11.0. The molecule has 0 aliphatic rings. The van der Waals surface area contributed by atoms with E-state index in [1.807, 2.05) is 31.2 Å². The van der Waals surface area contributed by atoms with Crippen LogP contribution in [0.4, 0.5) is 5.69 Å². The van der Waals surface area contributed by atoms with E-state index in [-0.39, 0.29) is 5.91 Å². The van der Waals surface area contributed by atoms with E-state index in [1.165, 1.54) is 6.26 Å². The Kier molecular flexibility index (Phi) is 3.10. The van der Waals surface area contributed by atoms with Crippen LogP contribution < -0.4 is 5.32 Å². The lowest BCUT2D eigenvalue weighted by Gasteiger charge is -2.04. The SMILES string of the molecule is Cc1cccc(NC(=O)c2ccoc2Br)c1. The van der Waals surface area contributed by atoms with E-state index in [2.05, 4.69) is 21.2 Å². The van der Waals surface area contributed by atoms with Crippen LogP contribution in [0.2, 0.25) is 0 Å². The molecule has 0 bridgehead atoms. The summed E-state index contributed by atoms with van der Waals surface area (Å²) in [6, 6.07) is 9.25. The zero-order valence-corrected chi connectivity index (χ0v) is 10.2. The van der Waals surface area contributed by atoms with Gasteiger partial charge in [0.2, 0.25) is 0 Å². The number of nitrogens with one attached hydrogen (secondary N) is 1. The summed E-state index contributed by atoms with van der Waals surface area (Å²) in [6.07, 6.45) is 1.47. The Morgan fingerprint density at radius 2 is 2.19 bits per heavy atom. The second kappa shape index (κ2) is 4.53. The van der Waals surface area contributed by atoms with Gasteiger partial charge in [0.15, 0.2) is 4.67 Å². The Bertz CT molecular complexity index is 519. The second-order valence-corrected chi connectivity index (χ2v) is 4.15. The standard InChI is InChI=1S/C12H10BrNO2/c1-8-3-2-4-9(7-8)14-12(15)10-5-6-16-11(10)13/h2-7H,1H3,(H,14,15). The average molecular weight is 280 g/mol. The van der Waals surface area contributed by atoms with Gasteiger partial charge in [-0.1, -0.05) is 12.1 Å². The summed E-state index contributed by atoms with van der Waals surface area (Å²) >= 11 is 3.17. The van der Waals surface area contributed by atoms with Gasteiger partial charge in [0, 0.05) is 5.69 Å². The predicted octanol–water partition coefficient (Wildman–Crippen LogP) is 3.60. The van der Waals surface area contributed by atoms with Crippen LogP contribution in [0.25, 0.3) is 0 Å². The Hall–Kier alpha value is -1.55. The van der Waals surface area contributed by atoms with Gasteiger partial charge >= 0.3 is 0 Å². The molecule has 1 aromatic heterocycles. The lowest BCUT2D eigenvalue weighted by Crippen LogP contribution is -2.11. The third-order valence-corrected chi connectivity index (χ3v) is 2.75. The molecule has 0 aliphatic heterocycles. The van der Waals surface area contributed by atoms with Gasteiger partial charge in [-0.05, 0) is 46.6 Å². The fourth-order valence-electron chi connectivity index (χ4n) is 1.38. The number of hydrogen-bond donors (Lipinski definition) is 1. The van der Waals surface area contributed by atoms with Gasteiger partial charge in [-0.25, -0.2) is 0 Å². The molecule has 0 aliphatic carbocycles. The minimum Gasteiger partial charge on any atom is -0.457 e. The van der Waals surface area contributed by atoms with Crippen molar-refractivity contribution in [2.75, 3.05) is 5.32 Å². The van der Waals surface area contributed by atoms with Gasteiger partial charge in [-0.15, -0.1) is 0 Å². The van der Waals surface area contributed by atoms with Gasteiger partial charge in [0.05, 0.1) is 11.8 Å². The number of carbonyl (C=O) groups is 1. The molecule has 1 N–H and O–H groups in total. The molecule has 2 aromatic rings. The fourth-order valence-corrected chi connectivity index (χ4v) is 1.80. The smallest absolute Gasteiger partial charge is 0.260 e. The molecule has 0 spiro atoms. The molecule has 1 aromatic carbocycles. The lowest BCUT2D eigenvalue weighted by molar-refractivity contribution is 0.102. The largest absolute Gasteiger partial charge is 0.457 e. The van der Waals surface area contributed by atoms with E-state index in [0.717, 1.165) is 11.3 Å². The minimum absolute atomic E-state index is 0.189. The summed E-state index contributed by atoms with van der Waals surface area (Å²) in [4.78, 5) is 11.8. The quantitative estimate of drug-likeness (QED) is 0.913. The number of anilines is 1. The molecule has 3 nitrogen and oxygen atoms in total. The second-order valence-electron chi connectivity index (χ2n) is 3.43.